The summed E-state index contributed by atoms with van der Waals surface area (Å²) >= 11 is 0. The molecule has 0 saturated carbocycles. The number of unbranched alkanes of at least 4 members (excludes halogenated alkanes) is 8. The number of aromatic amines is 1. The van der Waals surface area contributed by atoms with Crippen LogP contribution in [0.15, 0.2) is 12.4 Å². The predicted molar refractivity (Wildman–Crippen MR) is 153 cm³/mol. The van der Waals surface area contributed by atoms with E-state index < -0.39 is 110 Å². The highest BCUT2D eigenvalue weighted by Gasteiger charge is 2.45. The Kier molecular flexibility index (Phi) is 14.3. The number of nitrogens with zero attached hydrogens (tertiary/aromatic N) is 1. The van der Waals surface area contributed by atoms with Gasteiger partial charge in [-0.1, -0.05) is 58.3 Å². The van der Waals surface area contributed by atoms with Crippen molar-refractivity contribution in [2.75, 3.05) is 0 Å². The van der Waals surface area contributed by atoms with Gasteiger partial charge in [0.15, 0.2) is 87.3 Å². The van der Waals surface area contributed by atoms with Crippen LogP contribution in [-0.2, 0) is 6.42 Å². The van der Waals surface area contributed by atoms with Crippen LogP contribution in [-0.4, -0.2) is 16.7 Å². The van der Waals surface area contributed by atoms with E-state index in [2.05, 4.69) is 16.9 Å². The lowest BCUT2D eigenvalue weighted by Gasteiger charge is -2.21. The second-order valence-corrected chi connectivity index (χ2v) is 11.0. The van der Waals surface area contributed by atoms with E-state index in [0.29, 0.717) is 0 Å². The minimum absolute atomic E-state index is 1.11. The first-order chi connectivity index (χ1) is 23.6. The Morgan fingerprint density at radius 1 is 0.420 bits per heavy atom. The second-order valence-electron chi connectivity index (χ2n) is 11.0. The van der Waals surface area contributed by atoms with Crippen molar-refractivity contribution in [2.24, 2.45) is 0 Å². The van der Waals surface area contributed by atoms with Crippen molar-refractivity contribution >= 4 is 23.1 Å². The maximum atomic E-state index is 14.4. The number of nitrogens with one attached hydrogen (secondary N) is 1. The van der Waals surface area contributed by atoms with Crippen molar-refractivity contribution in [3.05, 3.63) is 105 Å². The van der Waals surface area contributed by atoms with Gasteiger partial charge in [0, 0.05) is 35.2 Å². The zero-order valence-corrected chi connectivity index (χ0v) is 25.9. The molecule has 1 N–H and O–H groups in total. The Morgan fingerprint density at radius 3 is 0.980 bits per heavy atom. The molecule has 0 atom stereocenters. The van der Waals surface area contributed by atoms with Crippen molar-refractivity contribution < 1.29 is 65.9 Å². The molecule has 0 unspecified atom stereocenters. The van der Waals surface area contributed by atoms with Crippen molar-refractivity contribution in [1.82, 2.24) is 9.97 Å². The molecule has 1 aromatic heterocycles. The van der Waals surface area contributed by atoms with Gasteiger partial charge in [-0.25, -0.2) is 70.8 Å². The van der Waals surface area contributed by atoms with Crippen molar-refractivity contribution in [3.63, 3.8) is 0 Å². The molecule has 0 spiro atoms. The summed E-state index contributed by atoms with van der Waals surface area (Å²) in [4.78, 5) is 7.38. The van der Waals surface area contributed by atoms with E-state index in [0.717, 1.165) is 12.2 Å². The molecule has 0 aliphatic heterocycles. The molecular weight excluding hydrogens is 708 g/mol. The number of H-pyrrole nitrogens is 1. The van der Waals surface area contributed by atoms with Gasteiger partial charge < -0.3 is 4.98 Å². The first-order valence-electron chi connectivity index (χ1n) is 15.1. The summed E-state index contributed by atoms with van der Waals surface area (Å²) in [5.41, 5.74) is -8.03. The maximum absolute atomic E-state index is 14.4. The molecular formula is C32H26BF15N2. The van der Waals surface area contributed by atoms with Crippen LogP contribution < -0.4 is 16.4 Å². The summed E-state index contributed by atoms with van der Waals surface area (Å²) in [5.74, 6) is -44.1. The van der Waals surface area contributed by atoms with E-state index in [-0.39, 0.29) is 0 Å². The standard InChI is InChI=1S/C18BF15.C14H26N2/c20-4-1(5(21)11(27)16(32)10(4)26)19(2-6(22)12(28)17(33)13(29)7(2)23)3-8(24)14(30)18(34)15(31)9(3)25;1-2-3-4-5-6-7-8-9-10-11-14-15-12-13-16-14/h;12-13H,2-11H2,1H3,(H,15,16). The average molecular weight is 734 g/mol. The molecule has 0 fully saturated rings. The quantitative estimate of drug-likeness (QED) is 0.0481. The third-order valence-corrected chi connectivity index (χ3v) is 7.67. The molecule has 4 aromatic rings. The van der Waals surface area contributed by atoms with Crippen LogP contribution in [0.4, 0.5) is 65.9 Å². The summed E-state index contributed by atoms with van der Waals surface area (Å²) in [5, 5.41) is 0. The zero-order chi connectivity index (χ0) is 37.4. The first-order valence-corrected chi connectivity index (χ1v) is 15.1. The van der Waals surface area contributed by atoms with Crippen LogP contribution in [0.5, 0.6) is 0 Å². The topological polar surface area (TPSA) is 28.7 Å². The second kappa shape index (κ2) is 17.7. The molecule has 0 bridgehead atoms. The number of aryl methyl sites for hydroxylation is 1. The molecule has 2 nitrogen and oxygen atoms in total. The molecule has 0 aliphatic carbocycles. The fourth-order valence-corrected chi connectivity index (χ4v) is 5.10. The van der Waals surface area contributed by atoms with Crippen molar-refractivity contribution in [2.45, 2.75) is 71.1 Å². The molecule has 0 aliphatic rings. The molecule has 1 heterocycles. The van der Waals surface area contributed by atoms with Crippen molar-refractivity contribution in [1.29, 1.82) is 0 Å². The summed E-state index contributed by atoms with van der Waals surface area (Å²) < 4.78 is 209. The number of halogens is 15. The van der Waals surface area contributed by atoms with Gasteiger partial charge >= 0.3 is 0 Å². The Hall–Kier alpha value is -4.12. The van der Waals surface area contributed by atoms with Crippen LogP contribution in [0, 0.1) is 87.3 Å². The normalized spacial score (nSPS) is 11.2. The average Bonchev–Trinajstić information content (AvgIpc) is 3.63. The number of benzene rings is 3. The lowest BCUT2D eigenvalue weighted by Crippen LogP contribution is -2.60. The molecule has 3 aromatic carbocycles. The lowest BCUT2D eigenvalue weighted by molar-refractivity contribution is 0.380. The summed E-state index contributed by atoms with van der Waals surface area (Å²) in [7, 11) is 0. The Labute approximate surface area is 275 Å². The van der Waals surface area contributed by atoms with Gasteiger partial charge in [-0.05, 0) is 6.42 Å². The van der Waals surface area contributed by atoms with Crippen LogP contribution >= 0.6 is 0 Å². The largest absolute Gasteiger partial charge is 0.349 e. The van der Waals surface area contributed by atoms with Gasteiger partial charge in [-0.3, -0.25) is 0 Å². The minimum atomic E-state index is -3.96. The number of hydrogen-bond donors (Lipinski definition) is 1. The van der Waals surface area contributed by atoms with Gasteiger partial charge in [0.25, 0.3) is 6.71 Å². The van der Waals surface area contributed by atoms with Gasteiger partial charge in [-0.2, -0.15) is 0 Å². The van der Waals surface area contributed by atoms with E-state index in [1.807, 2.05) is 12.4 Å². The van der Waals surface area contributed by atoms with Crippen LogP contribution in [0.1, 0.15) is 70.5 Å². The molecule has 0 amide bonds. The van der Waals surface area contributed by atoms with E-state index in [4.69, 9.17) is 0 Å². The fraction of sp³-hybridized carbons (Fsp3) is 0.344. The van der Waals surface area contributed by atoms with Gasteiger partial charge in [0.2, 0.25) is 0 Å². The van der Waals surface area contributed by atoms with Gasteiger partial charge in [0.1, 0.15) is 5.82 Å². The summed E-state index contributed by atoms with van der Waals surface area (Å²) in [6.07, 6.45) is 17.4. The highest BCUT2D eigenvalue weighted by atomic mass is 19.2. The van der Waals surface area contributed by atoms with E-state index in [1.165, 1.54) is 57.8 Å². The maximum Gasteiger partial charge on any atom is 0.265 e. The zero-order valence-electron chi connectivity index (χ0n) is 25.9. The molecule has 272 valence electrons. The Balaban J connectivity index is 0.000000354. The van der Waals surface area contributed by atoms with Crippen LogP contribution in [0.2, 0.25) is 0 Å². The summed E-state index contributed by atoms with van der Waals surface area (Å²) in [6, 6.07) is 0. The summed E-state index contributed by atoms with van der Waals surface area (Å²) in [6.45, 7) is -1.69. The number of aromatic nitrogens is 2. The monoisotopic (exact) mass is 734 g/mol. The van der Waals surface area contributed by atoms with Gasteiger partial charge in [-0.15, -0.1) is 0 Å². The Morgan fingerprint density at radius 2 is 0.700 bits per heavy atom. The third-order valence-electron chi connectivity index (χ3n) is 7.67. The number of hydrogen-bond acceptors (Lipinski definition) is 1. The van der Waals surface area contributed by atoms with Gasteiger partial charge in [0.05, 0.1) is 0 Å². The Bertz CT molecular complexity index is 1550. The lowest BCUT2D eigenvalue weighted by atomic mass is 9.36. The fourth-order valence-electron chi connectivity index (χ4n) is 5.10. The van der Waals surface area contributed by atoms with Crippen LogP contribution in [0.25, 0.3) is 0 Å². The van der Waals surface area contributed by atoms with E-state index >= 15 is 0 Å². The first kappa shape index (κ1) is 40.3. The molecule has 50 heavy (non-hydrogen) atoms. The highest BCUT2D eigenvalue weighted by molar-refractivity contribution is 6.95. The molecule has 0 saturated heterocycles. The van der Waals surface area contributed by atoms with E-state index in [9.17, 15) is 65.9 Å². The molecule has 4 rings (SSSR count). The number of imidazole rings is 1. The number of rotatable bonds is 13. The third kappa shape index (κ3) is 8.42. The predicted octanol–water partition coefficient (Wildman–Crippen LogP) is 8.77. The minimum Gasteiger partial charge on any atom is -0.349 e. The smallest absolute Gasteiger partial charge is 0.265 e. The van der Waals surface area contributed by atoms with Crippen molar-refractivity contribution in [3.8, 4) is 0 Å². The molecule has 18 heteroatoms. The van der Waals surface area contributed by atoms with Crippen LogP contribution in [0.3, 0.4) is 0 Å². The molecule has 0 radical (unpaired) electrons. The highest BCUT2D eigenvalue weighted by Crippen LogP contribution is 2.23. The van der Waals surface area contributed by atoms with E-state index in [1.54, 1.807) is 0 Å². The SMILES string of the molecule is CCCCCCCCCCCc1ncc[nH]1.Fc1c(F)c(F)c(B(c2c(F)c(F)c(F)c(F)c2F)c2c(F)c(F)c(F)c(F)c2F)c(F)c1F.